The highest BCUT2D eigenvalue weighted by atomic mass is 79.9. The van der Waals surface area contributed by atoms with Crippen molar-refractivity contribution in [1.29, 1.82) is 0 Å². The third-order valence-electron chi connectivity index (χ3n) is 2.55. The zero-order valence-corrected chi connectivity index (χ0v) is 12.0. The van der Waals surface area contributed by atoms with Crippen LogP contribution in [-0.2, 0) is 16.0 Å². The molecule has 0 radical (unpaired) electrons. The molecule has 1 atom stereocenters. The third-order valence-corrected chi connectivity index (χ3v) is 3.15. The van der Waals surface area contributed by atoms with Gasteiger partial charge in [-0.1, -0.05) is 6.07 Å². The van der Waals surface area contributed by atoms with Gasteiger partial charge < -0.3 is 10.4 Å². The Balaban J connectivity index is 2.46. The van der Waals surface area contributed by atoms with Crippen LogP contribution in [0.3, 0.4) is 0 Å². The standard InChI is InChI=1S/C13H15BrFNO3/c1-8(2-5-13(18)19)16-12(17)7-9-3-4-11(15)10(14)6-9/h3-4,6,8H,2,5,7H2,1H3,(H,16,17)(H,18,19). The van der Waals surface area contributed by atoms with Crippen molar-refractivity contribution in [2.75, 3.05) is 0 Å². The highest BCUT2D eigenvalue weighted by molar-refractivity contribution is 9.10. The quantitative estimate of drug-likeness (QED) is 0.841. The number of benzene rings is 1. The average molecular weight is 332 g/mol. The van der Waals surface area contributed by atoms with E-state index in [0.717, 1.165) is 0 Å². The summed E-state index contributed by atoms with van der Waals surface area (Å²) >= 11 is 3.06. The second-order valence-electron chi connectivity index (χ2n) is 4.33. The molecule has 1 amide bonds. The molecule has 0 saturated heterocycles. The van der Waals surface area contributed by atoms with E-state index in [1.54, 1.807) is 19.1 Å². The van der Waals surface area contributed by atoms with Crippen LogP contribution in [0.1, 0.15) is 25.3 Å². The van der Waals surface area contributed by atoms with Gasteiger partial charge in [0.05, 0.1) is 10.9 Å². The minimum atomic E-state index is -0.886. The summed E-state index contributed by atoms with van der Waals surface area (Å²) in [6.45, 7) is 1.75. The summed E-state index contributed by atoms with van der Waals surface area (Å²) in [5, 5.41) is 11.2. The molecule has 1 rings (SSSR count). The van der Waals surface area contributed by atoms with E-state index in [2.05, 4.69) is 21.2 Å². The Morgan fingerprint density at radius 3 is 2.74 bits per heavy atom. The Hall–Kier alpha value is -1.43. The molecule has 0 aliphatic rings. The van der Waals surface area contributed by atoms with Crippen molar-refractivity contribution in [2.24, 2.45) is 0 Å². The lowest BCUT2D eigenvalue weighted by Gasteiger charge is -2.12. The average Bonchev–Trinajstić information content (AvgIpc) is 2.31. The zero-order chi connectivity index (χ0) is 14.4. The lowest BCUT2D eigenvalue weighted by Crippen LogP contribution is -2.34. The fourth-order valence-corrected chi connectivity index (χ4v) is 2.00. The molecule has 0 aromatic heterocycles. The second kappa shape index (κ2) is 7.23. The predicted octanol–water partition coefficient (Wildman–Crippen LogP) is 2.50. The highest BCUT2D eigenvalue weighted by Crippen LogP contribution is 2.17. The maximum atomic E-state index is 13.0. The van der Waals surface area contributed by atoms with Crippen molar-refractivity contribution in [1.82, 2.24) is 5.32 Å². The van der Waals surface area contributed by atoms with Gasteiger partial charge in [0.1, 0.15) is 5.82 Å². The number of rotatable bonds is 6. The van der Waals surface area contributed by atoms with Crippen LogP contribution in [0.15, 0.2) is 22.7 Å². The Morgan fingerprint density at radius 1 is 1.47 bits per heavy atom. The van der Waals surface area contributed by atoms with E-state index in [4.69, 9.17) is 5.11 Å². The van der Waals surface area contributed by atoms with Gasteiger partial charge in [0.2, 0.25) is 5.91 Å². The molecule has 1 aromatic rings. The number of aliphatic carboxylic acids is 1. The first-order chi connectivity index (χ1) is 8.88. The summed E-state index contributed by atoms with van der Waals surface area (Å²) in [4.78, 5) is 22.1. The maximum absolute atomic E-state index is 13.0. The Bertz CT molecular complexity index is 479. The van der Waals surface area contributed by atoms with Crippen LogP contribution >= 0.6 is 15.9 Å². The molecule has 0 saturated carbocycles. The van der Waals surface area contributed by atoms with Crippen LogP contribution in [0.5, 0.6) is 0 Å². The number of carbonyl (C=O) groups excluding carboxylic acids is 1. The number of carboxylic acids is 1. The highest BCUT2D eigenvalue weighted by Gasteiger charge is 2.10. The van der Waals surface area contributed by atoms with Crippen molar-refractivity contribution in [3.05, 3.63) is 34.1 Å². The van der Waals surface area contributed by atoms with Gasteiger partial charge in [-0.15, -0.1) is 0 Å². The molecule has 0 bridgehead atoms. The molecule has 0 aliphatic carbocycles. The van der Waals surface area contributed by atoms with Crippen LogP contribution < -0.4 is 5.32 Å². The number of carboxylic acid groups (broad SMARTS) is 1. The Kier molecular flexibility index (Phi) is 5.95. The molecule has 104 valence electrons. The summed E-state index contributed by atoms with van der Waals surface area (Å²) in [6.07, 6.45) is 0.536. The maximum Gasteiger partial charge on any atom is 0.303 e. The van der Waals surface area contributed by atoms with Gasteiger partial charge in [-0.25, -0.2) is 4.39 Å². The molecule has 6 heteroatoms. The van der Waals surface area contributed by atoms with E-state index in [1.807, 2.05) is 0 Å². The van der Waals surface area contributed by atoms with E-state index in [0.29, 0.717) is 16.5 Å². The van der Waals surface area contributed by atoms with Crippen LogP contribution in [0.2, 0.25) is 0 Å². The molecule has 0 aliphatic heterocycles. The summed E-state index contributed by atoms with van der Waals surface area (Å²) in [6, 6.07) is 4.19. The van der Waals surface area contributed by atoms with Crippen molar-refractivity contribution in [3.63, 3.8) is 0 Å². The lowest BCUT2D eigenvalue weighted by molar-refractivity contribution is -0.137. The lowest BCUT2D eigenvalue weighted by atomic mass is 10.1. The van der Waals surface area contributed by atoms with Gasteiger partial charge in [0.15, 0.2) is 0 Å². The van der Waals surface area contributed by atoms with Gasteiger partial charge in [-0.05, 0) is 47.0 Å². The largest absolute Gasteiger partial charge is 0.481 e. The van der Waals surface area contributed by atoms with Crippen LogP contribution in [0.25, 0.3) is 0 Å². The first-order valence-electron chi connectivity index (χ1n) is 5.83. The predicted molar refractivity (Wildman–Crippen MR) is 72.3 cm³/mol. The number of halogens is 2. The zero-order valence-electron chi connectivity index (χ0n) is 10.5. The molecular weight excluding hydrogens is 317 g/mol. The Morgan fingerprint density at radius 2 is 2.16 bits per heavy atom. The van der Waals surface area contributed by atoms with E-state index in [9.17, 15) is 14.0 Å². The molecule has 4 nitrogen and oxygen atoms in total. The van der Waals surface area contributed by atoms with Gasteiger partial charge in [0.25, 0.3) is 0 Å². The summed E-state index contributed by atoms with van der Waals surface area (Å²) in [7, 11) is 0. The van der Waals surface area contributed by atoms with Crippen molar-refractivity contribution in [3.8, 4) is 0 Å². The SMILES string of the molecule is CC(CCC(=O)O)NC(=O)Cc1ccc(F)c(Br)c1. The van der Waals surface area contributed by atoms with E-state index < -0.39 is 5.97 Å². The third kappa shape index (κ3) is 5.83. The van der Waals surface area contributed by atoms with Crippen LogP contribution in [0, 0.1) is 5.82 Å². The fourth-order valence-electron chi connectivity index (χ4n) is 1.57. The number of nitrogens with one attached hydrogen (secondary N) is 1. The van der Waals surface area contributed by atoms with Gasteiger partial charge >= 0.3 is 5.97 Å². The van der Waals surface area contributed by atoms with Gasteiger partial charge in [-0.3, -0.25) is 9.59 Å². The molecule has 2 N–H and O–H groups in total. The van der Waals surface area contributed by atoms with Crippen LogP contribution in [0.4, 0.5) is 4.39 Å². The van der Waals surface area contributed by atoms with Gasteiger partial charge in [-0.2, -0.15) is 0 Å². The topological polar surface area (TPSA) is 66.4 Å². The molecular formula is C13H15BrFNO3. The first-order valence-corrected chi connectivity index (χ1v) is 6.63. The number of hydrogen-bond acceptors (Lipinski definition) is 2. The Labute approximate surface area is 119 Å². The van der Waals surface area contributed by atoms with Crippen LogP contribution in [-0.4, -0.2) is 23.0 Å². The molecule has 1 aromatic carbocycles. The molecule has 0 heterocycles. The minimum absolute atomic E-state index is 0.0174. The van der Waals surface area contributed by atoms with Crippen molar-refractivity contribution < 1.29 is 19.1 Å². The monoisotopic (exact) mass is 331 g/mol. The molecule has 0 fully saturated rings. The summed E-state index contributed by atoms with van der Waals surface area (Å²) in [5.74, 6) is -1.47. The number of hydrogen-bond donors (Lipinski definition) is 2. The van der Waals surface area contributed by atoms with Crippen molar-refractivity contribution >= 4 is 27.8 Å². The fraction of sp³-hybridized carbons (Fsp3) is 0.385. The molecule has 0 spiro atoms. The number of carbonyl (C=O) groups is 2. The summed E-state index contributed by atoms with van der Waals surface area (Å²) in [5.41, 5.74) is 0.691. The van der Waals surface area contributed by atoms with Crippen molar-refractivity contribution in [2.45, 2.75) is 32.2 Å². The smallest absolute Gasteiger partial charge is 0.303 e. The molecule has 1 unspecified atom stereocenters. The summed E-state index contributed by atoms with van der Waals surface area (Å²) < 4.78 is 13.3. The van der Waals surface area contributed by atoms with E-state index in [-0.39, 0.29) is 30.6 Å². The van der Waals surface area contributed by atoms with E-state index >= 15 is 0 Å². The minimum Gasteiger partial charge on any atom is -0.481 e. The normalized spacial score (nSPS) is 11.9. The first kappa shape index (κ1) is 15.6. The second-order valence-corrected chi connectivity index (χ2v) is 5.18. The molecule has 19 heavy (non-hydrogen) atoms. The number of amides is 1. The van der Waals surface area contributed by atoms with Gasteiger partial charge in [0, 0.05) is 12.5 Å². The van der Waals surface area contributed by atoms with E-state index in [1.165, 1.54) is 6.07 Å².